The van der Waals surface area contributed by atoms with Gasteiger partial charge in [-0.1, -0.05) is 18.2 Å². The van der Waals surface area contributed by atoms with E-state index in [1.54, 1.807) is 11.9 Å². The van der Waals surface area contributed by atoms with Crippen molar-refractivity contribution in [2.75, 3.05) is 33.3 Å². The van der Waals surface area contributed by atoms with Crippen molar-refractivity contribution in [3.05, 3.63) is 29.8 Å². The number of benzene rings is 1. The fourth-order valence-corrected chi connectivity index (χ4v) is 2.27. The zero-order chi connectivity index (χ0) is 16.7. The lowest BCUT2D eigenvalue weighted by Gasteiger charge is -2.39. The van der Waals surface area contributed by atoms with Crippen molar-refractivity contribution in [1.29, 1.82) is 0 Å². The quantitative estimate of drug-likeness (QED) is 0.686. The van der Waals surface area contributed by atoms with Crippen LogP contribution in [0.3, 0.4) is 0 Å². The summed E-state index contributed by atoms with van der Waals surface area (Å²) in [6.45, 7) is 4.21. The number of urea groups is 2. The van der Waals surface area contributed by atoms with Crippen LogP contribution < -0.4 is 20.7 Å². The number of likely N-dealkylation sites (tertiary alicyclic amines) is 1. The number of rotatable bonds is 6. The Labute approximate surface area is 136 Å². The first-order chi connectivity index (χ1) is 11.1. The smallest absolute Gasteiger partial charge is 0.317 e. The van der Waals surface area contributed by atoms with E-state index < -0.39 is 0 Å². The molecule has 1 saturated heterocycles. The van der Waals surface area contributed by atoms with Crippen LogP contribution >= 0.6 is 0 Å². The number of amides is 4. The van der Waals surface area contributed by atoms with Gasteiger partial charge in [-0.05, 0) is 25.0 Å². The number of hydrogen-bond acceptors (Lipinski definition) is 3. The molecule has 0 aliphatic carbocycles. The van der Waals surface area contributed by atoms with Crippen molar-refractivity contribution in [1.82, 2.24) is 20.9 Å². The second-order valence-electron chi connectivity index (χ2n) is 5.52. The van der Waals surface area contributed by atoms with Crippen molar-refractivity contribution in [2.45, 2.75) is 19.4 Å². The highest BCUT2D eigenvalue weighted by molar-refractivity contribution is 5.77. The predicted molar refractivity (Wildman–Crippen MR) is 87.6 cm³/mol. The number of nitrogens with zero attached hydrogens (tertiary/aromatic N) is 1. The largest absolute Gasteiger partial charge is 0.493 e. The van der Waals surface area contributed by atoms with Gasteiger partial charge in [0.25, 0.3) is 0 Å². The van der Waals surface area contributed by atoms with Crippen LogP contribution in [0, 0.1) is 6.92 Å². The second-order valence-corrected chi connectivity index (χ2v) is 5.52. The highest BCUT2D eigenvalue weighted by Crippen LogP contribution is 2.16. The number of hydrogen-bond donors (Lipinski definition) is 3. The Morgan fingerprint density at radius 1 is 1.30 bits per heavy atom. The lowest BCUT2D eigenvalue weighted by atomic mass is 10.1. The van der Waals surface area contributed by atoms with Crippen molar-refractivity contribution < 1.29 is 14.3 Å². The molecule has 1 aromatic rings. The van der Waals surface area contributed by atoms with Gasteiger partial charge in [0.2, 0.25) is 0 Å². The van der Waals surface area contributed by atoms with E-state index in [-0.39, 0.29) is 18.1 Å². The molecule has 0 radical (unpaired) electrons. The van der Waals surface area contributed by atoms with Crippen LogP contribution in [-0.2, 0) is 0 Å². The molecule has 1 fully saturated rings. The SMILES string of the molecule is CNC(=O)NC1CN(C(=O)NCCCOc2ccccc2C)C1. The molecule has 1 aliphatic rings. The molecule has 0 atom stereocenters. The average molecular weight is 320 g/mol. The first kappa shape index (κ1) is 16.9. The third-order valence-electron chi connectivity index (χ3n) is 3.68. The molecule has 0 unspecified atom stereocenters. The minimum absolute atomic E-state index is 0.0325. The standard InChI is InChI=1S/C16H24N4O3/c1-12-6-3-4-7-14(12)23-9-5-8-18-16(22)20-10-13(11-20)19-15(21)17-2/h3-4,6-7,13H,5,8-11H2,1-2H3,(H,18,22)(H2,17,19,21). The normalized spacial score (nSPS) is 13.9. The molecule has 1 aliphatic heterocycles. The minimum atomic E-state index is -0.219. The van der Waals surface area contributed by atoms with Crippen molar-refractivity contribution in [3.63, 3.8) is 0 Å². The Morgan fingerprint density at radius 2 is 2.04 bits per heavy atom. The Balaban J connectivity index is 1.54. The van der Waals surface area contributed by atoms with Gasteiger partial charge >= 0.3 is 12.1 Å². The topological polar surface area (TPSA) is 82.7 Å². The van der Waals surface area contributed by atoms with Crippen LogP contribution in [0.5, 0.6) is 5.75 Å². The van der Waals surface area contributed by atoms with Gasteiger partial charge in [-0.2, -0.15) is 0 Å². The molecule has 23 heavy (non-hydrogen) atoms. The fourth-order valence-electron chi connectivity index (χ4n) is 2.27. The lowest BCUT2D eigenvalue weighted by Crippen LogP contribution is -2.63. The summed E-state index contributed by atoms with van der Waals surface area (Å²) in [6, 6.07) is 7.57. The molecule has 0 bridgehead atoms. The molecule has 2 rings (SSSR count). The van der Waals surface area contributed by atoms with Crippen LogP contribution in [0.2, 0.25) is 0 Å². The molecule has 126 valence electrons. The van der Waals surface area contributed by atoms with Gasteiger partial charge in [-0.25, -0.2) is 9.59 Å². The number of para-hydroxylation sites is 1. The van der Waals surface area contributed by atoms with Crippen molar-refractivity contribution in [2.24, 2.45) is 0 Å². The molecule has 0 saturated carbocycles. The third-order valence-corrected chi connectivity index (χ3v) is 3.68. The number of nitrogens with one attached hydrogen (secondary N) is 3. The minimum Gasteiger partial charge on any atom is -0.493 e. The second kappa shape index (κ2) is 8.26. The zero-order valence-corrected chi connectivity index (χ0v) is 13.6. The van der Waals surface area contributed by atoms with E-state index in [2.05, 4.69) is 16.0 Å². The molecule has 0 spiro atoms. The van der Waals surface area contributed by atoms with Crippen LogP contribution in [0.1, 0.15) is 12.0 Å². The van der Waals surface area contributed by atoms with Crippen LogP contribution in [0.25, 0.3) is 0 Å². The van der Waals surface area contributed by atoms with E-state index in [1.165, 1.54) is 0 Å². The molecule has 7 heteroatoms. The summed E-state index contributed by atoms with van der Waals surface area (Å²) < 4.78 is 5.67. The van der Waals surface area contributed by atoms with E-state index in [4.69, 9.17) is 4.74 Å². The van der Waals surface area contributed by atoms with E-state index in [0.717, 1.165) is 17.7 Å². The lowest BCUT2D eigenvalue weighted by molar-refractivity contribution is 0.139. The van der Waals surface area contributed by atoms with Gasteiger partial charge < -0.3 is 25.6 Å². The van der Waals surface area contributed by atoms with Crippen LogP contribution in [0.4, 0.5) is 9.59 Å². The molecule has 4 amide bonds. The molecule has 7 nitrogen and oxygen atoms in total. The van der Waals surface area contributed by atoms with Gasteiger partial charge in [0, 0.05) is 26.7 Å². The number of carbonyl (C=O) groups is 2. The number of aryl methyl sites for hydroxylation is 1. The summed E-state index contributed by atoms with van der Waals surface area (Å²) in [7, 11) is 1.57. The van der Waals surface area contributed by atoms with Gasteiger partial charge in [-0.15, -0.1) is 0 Å². The van der Waals surface area contributed by atoms with Crippen molar-refractivity contribution >= 4 is 12.1 Å². The van der Waals surface area contributed by atoms with E-state index in [9.17, 15) is 9.59 Å². The molecular weight excluding hydrogens is 296 g/mol. The summed E-state index contributed by atoms with van der Waals surface area (Å²) in [5.74, 6) is 0.879. The van der Waals surface area contributed by atoms with Gasteiger partial charge in [-0.3, -0.25) is 0 Å². The molecular formula is C16H24N4O3. The Bertz CT molecular complexity index is 544. The summed E-state index contributed by atoms with van der Waals surface area (Å²) in [4.78, 5) is 24.6. The van der Waals surface area contributed by atoms with Crippen LogP contribution in [0.15, 0.2) is 24.3 Å². The molecule has 1 aromatic carbocycles. The third kappa shape index (κ3) is 5.05. The van der Waals surface area contributed by atoms with E-state index >= 15 is 0 Å². The van der Waals surface area contributed by atoms with Gasteiger partial charge in [0.15, 0.2) is 0 Å². The molecule has 0 aromatic heterocycles. The summed E-state index contributed by atoms with van der Waals surface area (Å²) in [5, 5.41) is 8.10. The van der Waals surface area contributed by atoms with Gasteiger partial charge in [0.05, 0.1) is 12.6 Å². The number of carbonyl (C=O) groups excluding carboxylic acids is 2. The summed E-state index contributed by atoms with van der Waals surface area (Å²) in [6.07, 6.45) is 0.744. The molecule has 3 N–H and O–H groups in total. The predicted octanol–water partition coefficient (Wildman–Crippen LogP) is 1.09. The summed E-state index contributed by atoms with van der Waals surface area (Å²) in [5.41, 5.74) is 1.10. The average Bonchev–Trinajstić information content (AvgIpc) is 2.51. The summed E-state index contributed by atoms with van der Waals surface area (Å²) >= 11 is 0. The van der Waals surface area contributed by atoms with E-state index in [1.807, 2.05) is 31.2 Å². The van der Waals surface area contributed by atoms with Crippen LogP contribution in [-0.4, -0.2) is 56.3 Å². The fraction of sp³-hybridized carbons (Fsp3) is 0.500. The van der Waals surface area contributed by atoms with Crippen molar-refractivity contribution in [3.8, 4) is 5.75 Å². The first-order valence-electron chi connectivity index (χ1n) is 7.79. The molecule has 1 heterocycles. The monoisotopic (exact) mass is 320 g/mol. The maximum absolute atomic E-state index is 11.9. The van der Waals surface area contributed by atoms with E-state index in [0.29, 0.717) is 26.2 Å². The van der Waals surface area contributed by atoms with Gasteiger partial charge in [0.1, 0.15) is 5.75 Å². The Kier molecular flexibility index (Phi) is 6.08. The maximum Gasteiger partial charge on any atom is 0.317 e. The Hall–Kier alpha value is -2.44. The zero-order valence-electron chi connectivity index (χ0n) is 13.6. The first-order valence-corrected chi connectivity index (χ1v) is 7.79. The maximum atomic E-state index is 11.9. The highest BCUT2D eigenvalue weighted by atomic mass is 16.5. The number of ether oxygens (including phenoxy) is 1. The highest BCUT2D eigenvalue weighted by Gasteiger charge is 2.31. The Morgan fingerprint density at radius 3 is 2.74 bits per heavy atom.